The lowest BCUT2D eigenvalue weighted by Crippen LogP contribution is -2.36. The Kier molecular flexibility index (Phi) is 3.43. The van der Waals surface area contributed by atoms with Crippen LogP contribution in [-0.4, -0.2) is 26.2 Å². The fourth-order valence-corrected chi connectivity index (χ4v) is 2.36. The Hall–Kier alpha value is -1.02. The summed E-state index contributed by atoms with van der Waals surface area (Å²) >= 11 is 0. The molecule has 1 aromatic rings. The first-order chi connectivity index (χ1) is 8.02. The highest BCUT2D eigenvalue weighted by Crippen LogP contribution is 2.28. The van der Waals surface area contributed by atoms with E-state index in [0.29, 0.717) is 0 Å². The SMILES string of the molecule is CNC(C)(C)CCc1ccc2c(c1)CCN2C. The predicted octanol–water partition coefficient (Wildman–Crippen LogP) is 2.61. The Morgan fingerprint density at radius 1 is 1.35 bits per heavy atom. The number of fused-ring (bicyclic) bond motifs is 1. The van der Waals surface area contributed by atoms with Gasteiger partial charge in [-0.05, 0) is 57.4 Å². The third-order valence-corrected chi connectivity index (χ3v) is 3.99. The summed E-state index contributed by atoms with van der Waals surface area (Å²) in [4.78, 5) is 2.34. The number of hydrogen-bond donors (Lipinski definition) is 1. The summed E-state index contributed by atoms with van der Waals surface area (Å²) in [6, 6.07) is 6.96. The lowest BCUT2D eigenvalue weighted by Gasteiger charge is -2.24. The molecule has 0 atom stereocenters. The molecule has 0 saturated carbocycles. The summed E-state index contributed by atoms with van der Waals surface area (Å²) in [5.74, 6) is 0. The lowest BCUT2D eigenvalue weighted by molar-refractivity contribution is 0.393. The van der Waals surface area contributed by atoms with Crippen LogP contribution in [0.2, 0.25) is 0 Å². The molecule has 0 radical (unpaired) electrons. The van der Waals surface area contributed by atoms with E-state index in [1.807, 2.05) is 7.05 Å². The lowest BCUT2D eigenvalue weighted by atomic mass is 9.94. The third kappa shape index (κ3) is 2.81. The molecule has 0 aliphatic carbocycles. The van der Waals surface area contributed by atoms with Gasteiger partial charge in [0.1, 0.15) is 0 Å². The van der Waals surface area contributed by atoms with Crippen LogP contribution in [0.4, 0.5) is 5.69 Å². The normalized spacial score (nSPS) is 15.2. The maximum absolute atomic E-state index is 3.36. The maximum Gasteiger partial charge on any atom is 0.0397 e. The fraction of sp³-hybridized carbons (Fsp3) is 0.600. The average Bonchev–Trinajstić information content (AvgIpc) is 2.68. The number of hydrogen-bond acceptors (Lipinski definition) is 2. The Bertz CT molecular complexity index is 396. The summed E-state index contributed by atoms with van der Waals surface area (Å²) in [5.41, 5.74) is 4.65. The van der Waals surface area contributed by atoms with Gasteiger partial charge in [0.05, 0.1) is 0 Å². The largest absolute Gasteiger partial charge is 0.374 e. The number of likely N-dealkylation sites (N-methyl/N-ethyl adjacent to an activating group) is 1. The summed E-state index contributed by atoms with van der Waals surface area (Å²) in [6.45, 7) is 5.68. The second kappa shape index (κ2) is 4.69. The maximum atomic E-state index is 3.36. The molecule has 1 aromatic carbocycles. The Balaban J connectivity index is 2.04. The van der Waals surface area contributed by atoms with Gasteiger partial charge in [0.15, 0.2) is 0 Å². The summed E-state index contributed by atoms with van der Waals surface area (Å²) < 4.78 is 0. The van der Waals surface area contributed by atoms with E-state index in [1.54, 1.807) is 0 Å². The van der Waals surface area contributed by atoms with Gasteiger partial charge < -0.3 is 10.2 Å². The summed E-state index contributed by atoms with van der Waals surface area (Å²) in [7, 11) is 4.22. The van der Waals surface area contributed by atoms with Crippen LogP contribution in [0.1, 0.15) is 31.4 Å². The quantitative estimate of drug-likeness (QED) is 0.858. The minimum absolute atomic E-state index is 0.232. The van der Waals surface area contributed by atoms with Crippen molar-refractivity contribution in [1.82, 2.24) is 5.32 Å². The van der Waals surface area contributed by atoms with Gasteiger partial charge in [-0.1, -0.05) is 12.1 Å². The zero-order chi connectivity index (χ0) is 12.5. The highest BCUT2D eigenvalue weighted by atomic mass is 15.1. The molecule has 94 valence electrons. The molecule has 1 N–H and O–H groups in total. The predicted molar refractivity (Wildman–Crippen MR) is 74.9 cm³/mol. The van der Waals surface area contributed by atoms with Gasteiger partial charge in [0.2, 0.25) is 0 Å². The number of aryl methyl sites for hydroxylation is 1. The zero-order valence-electron chi connectivity index (χ0n) is 11.5. The van der Waals surface area contributed by atoms with Crippen molar-refractivity contribution in [3.63, 3.8) is 0 Å². The molecular weight excluding hydrogens is 208 g/mol. The second-order valence-corrected chi connectivity index (χ2v) is 5.77. The van der Waals surface area contributed by atoms with E-state index in [1.165, 1.54) is 36.2 Å². The summed E-state index contributed by atoms with van der Waals surface area (Å²) in [5, 5.41) is 3.36. The number of nitrogens with zero attached hydrogens (tertiary/aromatic N) is 1. The van der Waals surface area contributed by atoms with Crippen molar-refractivity contribution >= 4 is 5.69 Å². The fourth-order valence-electron chi connectivity index (χ4n) is 2.36. The molecule has 1 aliphatic heterocycles. The molecule has 0 bridgehead atoms. The molecular formula is C15H24N2. The minimum Gasteiger partial charge on any atom is -0.374 e. The standard InChI is InChI=1S/C15H24N2/c1-15(2,16-3)9-7-12-5-6-14-13(11-12)8-10-17(14)4/h5-6,11,16H,7-10H2,1-4H3. The zero-order valence-corrected chi connectivity index (χ0v) is 11.5. The number of rotatable bonds is 4. The Labute approximate surface area is 105 Å². The van der Waals surface area contributed by atoms with Gasteiger partial charge in [-0.3, -0.25) is 0 Å². The molecule has 2 heteroatoms. The van der Waals surface area contributed by atoms with E-state index in [4.69, 9.17) is 0 Å². The first kappa shape index (κ1) is 12.4. The van der Waals surface area contributed by atoms with E-state index in [-0.39, 0.29) is 5.54 Å². The van der Waals surface area contributed by atoms with Gasteiger partial charge >= 0.3 is 0 Å². The first-order valence-electron chi connectivity index (χ1n) is 6.54. The summed E-state index contributed by atoms with van der Waals surface area (Å²) in [6.07, 6.45) is 3.54. The molecule has 0 spiro atoms. The monoisotopic (exact) mass is 232 g/mol. The molecule has 0 saturated heterocycles. The van der Waals surface area contributed by atoms with E-state index >= 15 is 0 Å². The molecule has 2 rings (SSSR count). The van der Waals surface area contributed by atoms with Crippen LogP contribution in [0.5, 0.6) is 0 Å². The number of benzene rings is 1. The van der Waals surface area contributed by atoms with Gasteiger partial charge in [-0.2, -0.15) is 0 Å². The van der Waals surface area contributed by atoms with Crippen LogP contribution < -0.4 is 10.2 Å². The van der Waals surface area contributed by atoms with E-state index in [2.05, 4.69) is 49.3 Å². The van der Waals surface area contributed by atoms with Crippen molar-refractivity contribution in [2.45, 2.75) is 38.6 Å². The molecule has 0 fully saturated rings. The van der Waals surface area contributed by atoms with Gasteiger partial charge in [-0.15, -0.1) is 0 Å². The van der Waals surface area contributed by atoms with Crippen molar-refractivity contribution in [3.8, 4) is 0 Å². The smallest absolute Gasteiger partial charge is 0.0397 e. The number of anilines is 1. The van der Waals surface area contributed by atoms with Crippen LogP contribution in [-0.2, 0) is 12.8 Å². The van der Waals surface area contributed by atoms with Crippen LogP contribution in [0, 0.1) is 0 Å². The molecule has 2 nitrogen and oxygen atoms in total. The first-order valence-corrected chi connectivity index (χ1v) is 6.54. The van der Waals surface area contributed by atoms with Crippen LogP contribution in [0.3, 0.4) is 0 Å². The molecule has 0 aromatic heterocycles. The van der Waals surface area contributed by atoms with Gasteiger partial charge in [0, 0.05) is 24.8 Å². The van der Waals surface area contributed by atoms with E-state index < -0.39 is 0 Å². The molecule has 0 unspecified atom stereocenters. The third-order valence-electron chi connectivity index (χ3n) is 3.99. The topological polar surface area (TPSA) is 15.3 Å². The minimum atomic E-state index is 0.232. The van der Waals surface area contributed by atoms with Gasteiger partial charge in [-0.25, -0.2) is 0 Å². The molecule has 17 heavy (non-hydrogen) atoms. The van der Waals surface area contributed by atoms with E-state index in [0.717, 1.165) is 6.42 Å². The van der Waals surface area contributed by atoms with Crippen molar-refractivity contribution in [3.05, 3.63) is 29.3 Å². The van der Waals surface area contributed by atoms with Crippen molar-refractivity contribution < 1.29 is 0 Å². The van der Waals surface area contributed by atoms with Crippen molar-refractivity contribution in [2.75, 3.05) is 25.5 Å². The van der Waals surface area contributed by atoms with Gasteiger partial charge in [0.25, 0.3) is 0 Å². The van der Waals surface area contributed by atoms with Crippen LogP contribution in [0.15, 0.2) is 18.2 Å². The molecule has 1 aliphatic rings. The van der Waals surface area contributed by atoms with Crippen molar-refractivity contribution in [2.24, 2.45) is 0 Å². The van der Waals surface area contributed by atoms with Crippen molar-refractivity contribution in [1.29, 1.82) is 0 Å². The average molecular weight is 232 g/mol. The second-order valence-electron chi connectivity index (χ2n) is 5.77. The Morgan fingerprint density at radius 2 is 2.12 bits per heavy atom. The van der Waals surface area contributed by atoms with E-state index in [9.17, 15) is 0 Å². The highest BCUT2D eigenvalue weighted by molar-refractivity contribution is 5.58. The van der Waals surface area contributed by atoms with Crippen LogP contribution >= 0.6 is 0 Å². The molecule has 0 amide bonds. The molecule has 1 heterocycles. The number of nitrogens with one attached hydrogen (secondary N) is 1. The van der Waals surface area contributed by atoms with Crippen LogP contribution in [0.25, 0.3) is 0 Å². The Morgan fingerprint density at radius 3 is 2.82 bits per heavy atom. The highest BCUT2D eigenvalue weighted by Gasteiger charge is 2.17.